The number of likely N-dealkylation sites (N-methyl/N-ethyl adjacent to an activating group) is 1. The van der Waals surface area contributed by atoms with Crippen LogP contribution < -0.4 is 0 Å². The zero-order chi connectivity index (χ0) is 15.2. The number of nitrogens with zero attached hydrogens (tertiary/aromatic N) is 1. The Kier molecular flexibility index (Phi) is 5.88. The minimum Gasteiger partial charge on any atom is -0.391 e. The van der Waals surface area contributed by atoms with E-state index in [9.17, 15) is 14.3 Å². The third-order valence-corrected chi connectivity index (χ3v) is 4.34. The summed E-state index contributed by atoms with van der Waals surface area (Å²) in [5.74, 6) is -0.273. The van der Waals surface area contributed by atoms with Crippen LogP contribution in [0.25, 0.3) is 0 Å². The summed E-state index contributed by atoms with van der Waals surface area (Å²) in [7, 11) is 2.02. The minimum atomic E-state index is -0.322. The normalized spacial score (nSPS) is 22.5. The summed E-state index contributed by atoms with van der Waals surface area (Å²) < 4.78 is 12.8. The third kappa shape index (κ3) is 4.61. The van der Waals surface area contributed by atoms with Crippen LogP contribution in [0.15, 0.2) is 24.3 Å². The molecule has 2 atom stereocenters. The maximum atomic E-state index is 12.8. The van der Waals surface area contributed by atoms with E-state index in [1.54, 1.807) is 0 Å². The average Bonchev–Trinajstić information content (AvgIpc) is 2.48. The zero-order valence-corrected chi connectivity index (χ0v) is 12.6. The van der Waals surface area contributed by atoms with Crippen molar-refractivity contribution >= 4 is 5.78 Å². The molecule has 116 valence electrons. The van der Waals surface area contributed by atoms with Crippen LogP contribution in [-0.2, 0) is 0 Å². The maximum Gasteiger partial charge on any atom is 0.162 e. The summed E-state index contributed by atoms with van der Waals surface area (Å²) in [5, 5.41) is 10.0. The van der Waals surface area contributed by atoms with Gasteiger partial charge >= 0.3 is 0 Å². The molecular weight excluding hydrogens is 269 g/mol. The van der Waals surface area contributed by atoms with Gasteiger partial charge in [-0.05, 0) is 57.1 Å². The Hall–Kier alpha value is -1.26. The molecule has 1 aliphatic carbocycles. The summed E-state index contributed by atoms with van der Waals surface area (Å²) >= 11 is 0. The first-order chi connectivity index (χ1) is 10.1. The maximum absolute atomic E-state index is 12.8. The van der Waals surface area contributed by atoms with Crippen LogP contribution in [0.4, 0.5) is 4.39 Å². The van der Waals surface area contributed by atoms with Crippen molar-refractivity contribution in [3.63, 3.8) is 0 Å². The predicted molar refractivity (Wildman–Crippen MR) is 80.9 cm³/mol. The lowest BCUT2D eigenvalue weighted by Gasteiger charge is -2.35. The highest BCUT2D eigenvalue weighted by Crippen LogP contribution is 2.22. The Morgan fingerprint density at radius 1 is 1.29 bits per heavy atom. The van der Waals surface area contributed by atoms with Crippen molar-refractivity contribution < 1.29 is 14.3 Å². The van der Waals surface area contributed by atoms with Gasteiger partial charge in [0.2, 0.25) is 0 Å². The largest absolute Gasteiger partial charge is 0.391 e. The lowest BCUT2D eigenvalue weighted by molar-refractivity contribution is 0.0316. The molecule has 1 aliphatic rings. The summed E-state index contributed by atoms with van der Waals surface area (Å²) in [6.45, 7) is 0.800. The summed E-state index contributed by atoms with van der Waals surface area (Å²) in [6.07, 6.45) is 5.16. The molecule has 1 aromatic carbocycles. The van der Waals surface area contributed by atoms with Crippen LogP contribution in [0.2, 0.25) is 0 Å². The van der Waals surface area contributed by atoms with Gasteiger partial charge in [0.15, 0.2) is 5.78 Å². The number of hydrogen-bond acceptors (Lipinski definition) is 3. The van der Waals surface area contributed by atoms with Crippen molar-refractivity contribution in [1.29, 1.82) is 0 Å². The van der Waals surface area contributed by atoms with E-state index in [1.807, 2.05) is 7.05 Å². The van der Waals surface area contributed by atoms with E-state index in [2.05, 4.69) is 4.90 Å². The molecule has 2 unspecified atom stereocenters. The first kappa shape index (κ1) is 16.1. The van der Waals surface area contributed by atoms with Crippen LogP contribution in [0, 0.1) is 5.82 Å². The monoisotopic (exact) mass is 293 g/mol. The molecule has 0 heterocycles. The van der Waals surface area contributed by atoms with Gasteiger partial charge in [-0.1, -0.05) is 12.8 Å². The topological polar surface area (TPSA) is 40.5 Å². The van der Waals surface area contributed by atoms with Gasteiger partial charge in [0.25, 0.3) is 0 Å². The number of halogens is 1. The molecule has 1 saturated carbocycles. The fourth-order valence-corrected chi connectivity index (χ4v) is 3.04. The minimum absolute atomic E-state index is 0.0487. The molecule has 1 aromatic rings. The number of ketones is 1. The summed E-state index contributed by atoms with van der Waals surface area (Å²) in [6, 6.07) is 5.92. The quantitative estimate of drug-likeness (QED) is 0.820. The molecule has 0 saturated heterocycles. The number of carbonyl (C=O) groups excluding carboxylic acids is 1. The lowest BCUT2D eigenvalue weighted by Crippen LogP contribution is -2.43. The van der Waals surface area contributed by atoms with E-state index in [-0.39, 0.29) is 23.7 Å². The van der Waals surface area contributed by atoms with Gasteiger partial charge in [-0.25, -0.2) is 4.39 Å². The van der Waals surface area contributed by atoms with Crippen LogP contribution in [0.3, 0.4) is 0 Å². The van der Waals surface area contributed by atoms with Crippen molar-refractivity contribution in [2.45, 2.75) is 50.7 Å². The Morgan fingerprint density at radius 2 is 1.95 bits per heavy atom. The van der Waals surface area contributed by atoms with E-state index in [0.29, 0.717) is 12.0 Å². The number of hydrogen-bond donors (Lipinski definition) is 1. The van der Waals surface area contributed by atoms with Crippen LogP contribution >= 0.6 is 0 Å². The number of aliphatic hydroxyl groups is 1. The second-order valence-electron chi connectivity index (χ2n) is 5.93. The van der Waals surface area contributed by atoms with Crippen molar-refractivity contribution in [2.75, 3.05) is 13.6 Å². The smallest absolute Gasteiger partial charge is 0.162 e. The number of benzene rings is 1. The van der Waals surface area contributed by atoms with E-state index in [4.69, 9.17) is 0 Å². The molecule has 1 N–H and O–H groups in total. The molecule has 0 radical (unpaired) electrons. The first-order valence-corrected chi connectivity index (χ1v) is 7.75. The SMILES string of the molecule is CN(CCCC(=O)c1ccc(F)cc1)C1CCCCC1O. The predicted octanol–water partition coefficient (Wildman–Crippen LogP) is 3.02. The molecule has 21 heavy (non-hydrogen) atoms. The first-order valence-electron chi connectivity index (χ1n) is 7.75. The van der Waals surface area contributed by atoms with E-state index >= 15 is 0 Å². The summed E-state index contributed by atoms with van der Waals surface area (Å²) in [5.41, 5.74) is 0.566. The molecular formula is C17H24FNO2. The van der Waals surface area contributed by atoms with E-state index in [1.165, 1.54) is 30.7 Å². The van der Waals surface area contributed by atoms with Gasteiger partial charge in [0.05, 0.1) is 6.10 Å². The Labute approximate surface area is 125 Å². The Balaban J connectivity index is 1.75. The number of aliphatic hydroxyl groups excluding tert-OH is 1. The molecule has 0 aromatic heterocycles. The highest BCUT2D eigenvalue weighted by atomic mass is 19.1. The second kappa shape index (κ2) is 7.66. The molecule has 4 heteroatoms. The number of carbonyl (C=O) groups is 1. The van der Waals surface area contributed by atoms with E-state index < -0.39 is 0 Å². The van der Waals surface area contributed by atoms with Crippen LogP contribution in [-0.4, -0.2) is 41.5 Å². The Morgan fingerprint density at radius 3 is 2.62 bits per heavy atom. The summed E-state index contributed by atoms with van der Waals surface area (Å²) in [4.78, 5) is 14.2. The highest BCUT2D eigenvalue weighted by Gasteiger charge is 2.26. The van der Waals surface area contributed by atoms with Crippen molar-refractivity contribution in [2.24, 2.45) is 0 Å². The highest BCUT2D eigenvalue weighted by molar-refractivity contribution is 5.95. The second-order valence-corrected chi connectivity index (χ2v) is 5.93. The van der Waals surface area contributed by atoms with Gasteiger partial charge < -0.3 is 10.0 Å². The zero-order valence-electron chi connectivity index (χ0n) is 12.6. The molecule has 0 aliphatic heterocycles. The van der Waals surface area contributed by atoms with Gasteiger partial charge in [-0.15, -0.1) is 0 Å². The third-order valence-electron chi connectivity index (χ3n) is 4.34. The fraction of sp³-hybridized carbons (Fsp3) is 0.588. The van der Waals surface area contributed by atoms with Gasteiger partial charge in [-0.2, -0.15) is 0 Å². The van der Waals surface area contributed by atoms with Crippen molar-refractivity contribution in [3.05, 3.63) is 35.6 Å². The van der Waals surface area contributed by atoms with Crippen LogP contribution in [0.1, 0.15) is 48.9 Å². The molecule has 0 spiro atoms. The van der Waals surface area contributed by atoms with Gasteiger partial charge in [0.1, 0.15) is 5.82 Å². The van der Waals surface area contributed by atoms with Gasteiger partial charge in [0, 0.05) is 18.0 Å². The molecule has 0 amide bonds. The molecule has 3 nitrogen and oxygen atoms in total. The van der Waals surface area contributed by atoms with E-state index in [0.717, 1.165) is 32.2 Å². The standard InChI is InChI=1S/C17H24FNO2/c1-19(15-5-2-3-6-17(15)21)12-4-7-16(20)13-8-10-14(18)11-9-13/h8-11,15,17,21H,2-7,12H2,1H3. The lowest BCUT2D eigenvalue weighted by atomic mass is 9.91. The molecule has 1 fully saturated rings. The number of rotatable bonds is 6. The van der Waals surface area contributed by atoms with Crippen molar-refractivity contribution in [1.82, 2.24) is 4.90 Å². The fourth-order valence-electron chi connectivity index (χ4n) is 3.04. The number of Topliss-reactive ketones (excluding diaryl/α,β-unsaturated/α-hetero) is 1. The average molecular weight is 293 g/mol. The van der Waals surface area contributed by atoms with Gasteiger partial charge in [-0.3, -0.25) is 4.79 Å². The Bertz CT molecular complexity index is 460. The van der Waals surface area contributed by atoms with Crippen molar-refractivity contribution in [3.8, 4) is 0 Å². The molecule has 0 bridgehead atoms. The molecule has 2 rings (SSSR count). The van der Waals surface area contributed by atoms with Crippen LogP contribution in [0.5, 0.6) is 0 Å².